The number of nitrogens with zero attached hydrogens (tertiary/aromatic N) is 1. The van der Waals surface area contributed by atoms with E-state index in [1.165, 1.54) is 6.07 Å². The Hall–Kier alpha value is -2.57. The second-order valence-corrected chi connectivity index (χ2v) is 6.79. The number of rotatable bonds is 5. The molecule has 1 aliphatic heterocycles. The number of ether oxygens (including phenoxy) is 1. The minimum absolute atomic E-state index is 0.0262. The predicted molar refractivity (Wildman–Crippen MR) is 103 cm³/mol. The maximum Gasteiger partial charge on any atom is 0.338 e. The lowest BCUT2D eigenvalue weighted by atomic mass is 10.2. The van der Waals surface area contributed by atoms with E-state index in [1.54, 1.807) is 41.3 Å². The maximum absolute atomic E-state index is 12.2. The fourth-order valence-corrected chi connectivity index (χ4v) is 3.05. The van der Waals surface area contributed by atoms with Crippen LogP contribution in [0, 0.1) is 0 Å². The van der Waals surface area contributed by atoms with Gasteiger partial charge in [0.25, 0.3) is 5.91 Å². The van der Waals surface area contributed by atoms with E-state index in [9.17, 15) is 14.4 Å². The van der Waals surface area contributed by atoms with Gasteiger partial charge in [0, 0.05) is 23.7 Å². The molecule has 27 heavy (non-hydrogen) atoms. The van der Waals surface area contributed by atoms with E-state index in [4.69, 9.17) is 27.9 Å². The third-order valence-corrected chi connectivity index (χ3v) is 4.57. The normalized spacial score (nSPS) is 13.6. The maximum atomic E-state index is 12.2. The molecule has 0 saturated carbocycles. The number of halogens is 2. The van der Waals surface area contributed by atoms with Crippen LogP contribution in [0.15, 0.2) is 42.5 Å². The lowest BCUT2D eigenvalue weighted by molar-refractivity contribution is -0.119. The molecule has 0 aromatic heterocycles. The first-order chi connectivity index (χ1) is 12.9. The summed E-state index contributed by atoms with van der Waals surface area (Å²) in [5.74, 6) is -1.17. The molecule has 1 N–H and O–H groups in total. The van der Waals surface area contributed by atoms with Gasteiger partial charge in [-0.25, -0.2) is 4.79 Å². The van der Waals surface area contributed by atoms with Crippen LogP contribution in [0.4, 0.5) is 11.4 Å². The van der Waals surface area contributed by atoms with Crippen molar-refractivity contribution in [2.45, 2.75) is 12.8 Å². The molecule has 1 fully saturated rings. The van der Waals surface area contributed by atoms with Crippen molar-refractivity contribution in [3.8, 4) is 0 Å². The summed E-state index contributed by atoms with van der Waals surface area (Å²) >= 11 is 11.8. The summed E-state index contributed by atoms with van der Waals surface area (Å²) in [5.41, 5.74) is 1.24. The molecule has 2 aromatic carbocycles. The third kappa shape index (κ3) is 4.78. The molecule has 0 unspecified atom stereocenters. The van der Waals surface area contributed by atoms with Crippen LogP contribution in [0.5, 0.6) is 0 Å². The zero-order valence-corrected chi connectivity index (χ0v) is 15.7. The topological polar surface area (TPSA) is 75.7 Å². The van der Waals surface area contributed by atoms with Crippen LogP contribution in [0.1, 0.15) is 23.2 Å². The average molecular weight is 407 g/mol. The fraction of sp³-hybridized carbons (Fsp3) is 0.211. The molecule has 2 amide bonds. The fourth-order valence-electron chi connectivity index (χ4n) is 2.72. The first-order valence-corrected chi connectivity index (χ1v) is 9.02. The SMILES string of the molecule is O=C(COC(=O)c1cccc(N2CCCC2=O)c1)Nc1cc(Cl)ccc1Cl. The number of carbonyl (C=O) groups is 3. The molecule has 0 spiro atoms. The summed E-state index contributed by atoms with van der Waals surface area (Å²) in [6, 6.07) is 11.2. The monoisotopic (exact) mass is 406 g/mol. The Morgan fingerprint density at radius 2 is 1.96 bits per heavy atom. The largest absolute Gasteiger partial charge is 0.452 e. The first kappa shape index (κ1) is 19.2. The summed E-state index contributed by atoms with van der Waals surface area (Å²) in [6.07, 6.45) is 1.29. The van der Waals surface area contributed by atoms with Crippen molar-refractivity contribution >= 4 is 52.4 Å². The van der Waals surface area contributed by atoms with E-state index in [-0.39, 0.29) is 11.5 Å². The highest BCUT2D eigenvalue weighted by atomic mass is 35.5. The van der Waals surface area contributed by atoms with E-state index < -0.39 is 18.5 Å². The Morgan fingerprint density at radius 1 is 1.15 bits per heavy atom. The number of hydrogen-bond acceptors (Lipinski definition) is 4. The van der Waals surface area contributed by atoms with Crippen LogP contribution < -0.4 is 10.2 Å². The highest BCUT2D eigenvalue weighted by molar-refractivity contribution is 6.35. The summed E-state index contributed by atoms with van der Waals surface area (Å²) in [6.45, 7) is 0.148. The van der Waals surface area contributed by atoms with Crippen LogP contribution in [0.25, 0.3) is 0 Å². The van der Waals surface area contributed by atoms with Gasteiger partial charge in [0.15, 0.2) is 6.61 Å². The van der Waals surface area contributed by atoms with Crippen molar-refractivity contribution in [1.29, 1.82) is 0 Å². The molecule has 0 aliphatic carbocycles. The summed E-state index contributed by atoms with van der Waals surface area (Å²) < 4.78 is 5.05. The molecule has 1 heterocycles. The van der Waals surface area contributed by atoms with Crippen molar-refractivity contribution in [1.82, 2.24) is 0 Å². The van der Waals surface area contributed by atoms with Crippen LogP contribution in [0.2, 0.25) is 10.0 Å². The predicted octanol–water partition coefficient (Wildman–Crippen LogP) is 3.92. The van der Waals surface area contributed by atoms with Gasteiger partial charge in [0.1, 0.15) is 0 Å². The lowest BCUT2D eigenvalue weighted by Gasteiger charge is -2.16. The standard InChI is InChI=1S/C19H16Cl2N2O4/c20-13-6-7-15(21)16(10-13)22-17(24)11-27-19(26)12-3-1-4-14(9-12)23-8-2-5-18(23)25/h1,3-4,6-7,9-10H,2,5,8,11H2,(H,22,24). The van der Waals surface area contributed by atoms with Gasteiger partial charge in [-0.05, 0) is 42.8 Å². The van der Waals surface area contributed by atoms with Gasteiger partial charge in [-0.3, -0.25) is 9.59 Å². The van der Waals surface area contributed by atoms with Crippen LogP contribution in [-0.4, -0.2) is 30.9 Å². The van der Waals surface area contributed by atoms with E-state index in [1.807, 2.05) is 0 Å². The van der Waals surface area contributed by atoms with Crippen molar-refractivity contribution in [2.24, 2.45) is 0 Å². The van der Waals surface area contributed by atoms with E-state index >= 15 is 0 Å². The average Bonchev–Trinajstić information content (AvgIpc) is 3.09. The number of esters is 1. The highest BCUT2D eigenvalue weighted by Gasteiger charge is 2.22. The molecule has 8 heteroatoms. The van der Waals surface area contributed by atoms with Crippen molar-refractivity contribution in [2.75, 3.05) is 23.4 Å². The lowest BCUT2D eigenvalue weighted by Crippen LogP contribution is -2.24. The Labute approximate surface area is 166 Å². The van der Waals surface area contributed by atoms with E-state index in [0.29, 0.717) is 34.4 Å². The third-order valence-electron chi connectivity index (χ3n) is 4.00. The van der Waals surface area contributed by atoms with Gasteiger partial charge in [-0.2, -0.15) is 0 Å². The minimum Gasteiger partial charge on any atom is -0.452 e. The Kier molecular flexibility index (Phi) is 5.98. The van der Waals surface area contributed by atoms with Gasteiger partial charge in [-0.15, -0.1) is 0 Å². The van der Waals surface area contributed by atoms with Crippen molar-refractivity contribution in [3.05, 3.63) is 58.1 Å². The minimum atomic E-state index is -0.657. The molecule has 3 rings (SSSR count). The molecule has 0 bridgehead atoms. The molecule has 1 aliphatic rings. The Bertz CT molecular complexity index is 901. The van der Waals surface area contributed by atoms with Crippen LogP contribution >= 0.6 is 23.2 Å². The van der Waals surface area contributed by atoms with E-state index in [2.05, 4.69) is 5.32 Å². The number of hydrogen-bond donors (Lipinski definition) is 1. The second-order valence-electron chi connectivity index (χ2n) is 5.95. The molecule has 0 atom stereocenters. The zero-order chi connectivity index (χ0) is 19.4. The van der Waals surface area contributed by atoms with Gasteiger partial charge >= 0.3 is 5.97 Å². The van der Waals surface area contributed by atoms with Crippen LogP contribution in [0.3, 0.4) is 0 Å². The van der Waals surface area contributed by atoms with E-state index in [0.717, 1.165) is 6.42 Å². The molecule has 0 radical (unpaired) electrons. The quantitative estimate of drug-likeness (QED) is 0.763. The Morgan fingerprint density at radius 3 is 2.70 bits per heavy atom. The molecular weight excluding hydrogens is 391 g/mol. The zero-order valence-electron chi connectivity index (χ0n) is 14.2. The number of anilines is 2. The molecule has 1 saturated heterocycles. The van der Waals surface area contributed by atoms with Gasteiger partial charge in [0.2, 0.25) is 5.91 Å². The van der Waals surface area contributed by atoms with Crippen LogP contribution in [-0.2, 0) is 14.3 Å². The second kappa shape index (κ2) is 8.41. The number of amides is 2. The number of benzene rings is 2. The number of carbonyl (C=O) groups excluding carboxylic acids is 3. The first-order valence-electron chi connectivity index (χ1n) is 8.26. The highest BCUT2D eigenvalue weighted by Crippen LogP contribution is 2.25. The summed E-state index contributed by atoms with van der Waals surface area (Å²) in [4.78, 5) is 37.7. The van der Waals surface area contributed by atoms with Gasteiger partial charge in [-0.1, -0.05) is 29.3 Å². The number of nitrogens with one attached hydrogen (secondary N) is 1. The smallest absolute Gasteiger partial charge is 0.338 e. The van der Waals surface area contributed by atoms with Crippen molar-refractivity contribution in [3.63, 3.8) is 0 Å². The summed E-state index contributed by atoms with van der Waals surface area (Å²) in [5, 5.41) is 3.27. The molecule has 6 nitrogen and oxygen atoms in total. The summed E-state index contributed by atoms with van der Waals surface area (Å²) in [7, 11) is 0. The molecule has 2 aromatic rings. The molecular formula is C19H16Cl2N2O4. The van der Waals surface area contributed by atoms with Crippen molar-refractivity contribution < 1.29 is 19.1 Å². The molecule has 140 valence electrons. The Balaban J connectivity index is 1.60. The van der Waals surface area contributed by atoms with Gasteiger partial charge in [0.05, 0.1) is 16.3 Å². The van der Waals surface area contributed by atoms with Gasteiger partial charge < -0.3 is 15.0 Å².